The predicted octanol–water partition coefficient (Wildman–Crippen LogP) is 17.0. The minimum absolute atomic E-state index is 0.0241. The lowest BCUT2D eigenvalue weighted by Gasteiger charge is -2.27. The highest BCUT2D eigenvalue weighted by atomic mass is 31.2. The van der Waals surface area contributed by atoms with E-state index in [9.17, 15) is 19.0 Å². The second kappa shape index (κ2) is 50.2. The standard InChI is InChI=1S/C61H105N2O7P/c1-7-10-13-16-19-22-25-28-30-31-32-33-34-36-39-42-45-48-51-54-61(65)70-59(52-49-46-43-40-37-27-24-21-18-15-12-9-3)58(57-69-71(66,67)68-56-55-63(4,5)6)62-60(64)53-50-47-44-41-38-35-29-26-23-20-17-14-11-8-2/h10-11,13-14,19-20,22-23,28-30,32-33,35-36,39,49,52,58-59H,7-9,12,15-18,21,24-27,31,34,37-38,40-48,50-51,53-57H2,1-6H3,(H-,62,64,66,67)/p+1/b13-10-,14-11+,22-19-,23-20+,30-28-,33-32-,35-29+,39-36-,52-49+. The van der Waals surface area contributed by atoms with Crippen molar-refractivity contribution in [1.82, 2.24) is 5.32 Å². The Morgan fingerprint density at radius 3 is 1.37 bits per heavy atom. The number of quaternary nitrogens is 1. The van der Waals surface area contributed by atoms with Gasteiger partial charge in [0, 0.05) is 12.8 Å². The molecular formula is C61H106N2O7P+. The number of amides is 1. The summed E-state index contributed by atoms with van der Waals surface area (Å²) in [6.07, 6.45) is 68.0. The Bertz CT molecular complexity index is 1580. The van der Waals surface area contributed by atoms with Gasteiger partial charge in [-0.15, -0.1) is 0 Å². The Kier molecular flexibility index (Phi) is 47.9. The van der Waals surface area contributed by atoms with E-state index in [1.807, 2.05) is 33.3 Å². The quantitative estimate of drug-likeness (QED) is 0.0205. The fraction of sp³-hybridized carbons (Fsp3) is 0.672. The largest absolute Gasteiger partial charge is 0.472 e. The first-order valence-corrected chi connectivity index (χ1v) is 29.7. The van der Waals surface area contributed by atoms with Gasteiger partial charge < -0.3 is 19.4 Å². The number of hydrogen-bond donors (Lipinski definition) is 2. The lowest BCUT2D eigenvalue weighted by Crippen LogP contribution is -2.47. The van der Waals surface area contributed by atoms with Crippen molar-refractivity contribution < 1.29 is 37.3 Å². The van der Waals surface area contributed by atoms with Gasteiger partial charge in [0.25, 0.3) is 0 Å². The smallest absolute Gasteiger partial charge is 0.456 e. The minimum atomic E-state index is -4.46. The summed E-state index contributed by atoms with van der Waals surface area (Å²) in [4.78, 5) is 37.5. The van der Waals surface area contributed by atoms with Crippen LogP contribution >= 0.6 is 7.82 Å². The molecule has 406 valence electrons. The zero-order valence-corrected chi connectivity index (χ0v) is 47.1. The molecule has 10 heteroatoms. The number of phosphoric acid groups is 1. The maximum absolute atomic E-state index is 13.5. The molecule has 0 fully saturated rings. The molecule has 0 heterocycles. The Labute approximate surface area is 436 Å². The number of allylic oxidation sites excluding steroid dienone is 17. The molecule has 9 nitrogen and oxygen atoms in total. The number of nitrogens with one attached hydrogen (secondary N) is 1. The van der Waals surface area contributed by atoms with Gasteiger partial charge in [-0.3, -0.25) is 18.6 Å². The summed E-state index contributed by atoms with van der Waals surface area (Å²) in [7, 11) is 1.44. The summed E-state index contributed by atoms with van der Waals surface area (Å²) in [5.74, 6) is -0.578. The van der Waals surface area contributed by atoms with Gasteiger partial charge in [0.2, 0.25) is 5.91 Å². The number of unbranched alkanes of at least 4 members (excludes halogenated alkanes) is 17. The van der Waals surface area contributed by atoms with Crippen LogP contribution in [0.5, 0.6) is 0 Å². The molecule has 0 aromatic heterocycles. The molecule has 0 saturated heterocycles. The highest BCUT2D eigenvalue weighted by molar-refractivity contribution is 7.47. The van der Waals surface area contributed by atoms with E-state index in [1.54, 1.807) is 0 Å². The van der Waals surface area contributed by atoms with Gasteiger partial charge >= 0.3 is 13.8 Å². The number of hydrogen-bond acceptors (Lipinski definition) is 6. The first-order valence-electron chi connectivity index (χ1n) is 28.2. The van der Waals surface area contributed by atoms with E-state index in [1.165, 1.54) is 51.4 Å². The molecule has 3 atom stereocenters. The third kappa shape index (κ3) is 51.4. The van der Waals surface area contributed by atoms with Crippen molar-refractivity contribution in [3.8, 4) is 0 Å². The molecule has 0 spiro atoms. The summed E-state index contributed by atoms with van der Waals surface area (Å²) < 4.78 is 30.5. The second-order valence-corrected chi connectivity index (χ2v) is 21.1. The van der Waals surface area contributed by atoms with Gasteiger partial charge in [0.05, 0.1) is 33.8 Å². The molecule has 0 aliphatic carbocycles. The summed E-state index contributed by atoms with van der Waals surface area (Å²) in [5, 5.41) is 3.02. The lowest BCUT2D eigenvalue weighted by atomic mass is 10.1. The Morgan fingerprint density at radius 1 is 0.507 bits per heavy atom. The van der Waals surface area contributed by atoms with Crippen LogP contribution in [0, 0.1) is 0 Å². The van der Waals surface area contributed by atoms with Crippen molar-refractivity contribution in [2.24, 2.45) is 0 Å². The first-order chi connectivity index (χ1) is 34.4. The summed E-state index contributed by atoms with van der Waals surface area (Å²) in [6, 6.07) is -0.880. The van der Waals surface area contributed by atoms with Crippen molar-refractivity contribution in [1.29, 1.82) is 0 Å². The van der Waals surface area contributed by atoms with Crippen LogP contribution in [0.25, 0.3) is 0 Å². The fourth-order valence-corrected chi connectivity index (χ4v) is 8.13. The molecule has 0 aromatic carbocycles. The van der Waals surface area contributed by atoms with E-state index in [0.717, 1.165) is 116 Å². The lowest BCUT2D eigenvalue weighted by molar-refractivity contribution is -0.870. The Balaban J connectivity index is 5.46. The molecule has 1 amide bonds. The first kappa shape index (κ1) is 67.7. The monoisotopic (exact) mass is 1010 g/mol. The topological polar surface area (TPSA) is 111 Å². The average molecular weight is 1010 g/mol. The zero-order valence-electron chi connectivity index (χ0n) is 46.2. The maximum Gasteiger partial charge on any atom is 0.472 e. The van der Waals surface area contributed by atoms with Crippen LogP contribution in [0.4, 0.5) is 0 Å². The summed E-state index contributed by atoms with van der Waals surface area (Å²) in [5.41, 5.74) is 0. The molecule has 0 aliphatic heterocycles. The third-order valence-electron chi connectivity index (χ3n) is 11.7. The normalized spacial score (nSPS) is 14.6. The minimum Gasteiger partial charge on any atom is -0.456 e. The Hall–Kier alpha value is -3.33. The van der Waals surface area contributed by atoms with Gasteiger partial charge in [-0.25, -0.2) is 4.57 Å². The highest BCUT2D eigenvalue weighted by Gasteiger charge is 2.30. The van der Waals surface area contributed by atoms with Crippen molar-refractivity contribution in [3.05, 3.63) is 109 Å². The van der Waals surface area contributed by atoms with E-state index >= 15 is 0 Å². The van der Waals surface area contributed by atoms with Crippen LogP contribution in [-0.4, -0.2) is 74.3 Å². The average Bonchev–Trinajstić information content (AvgIpc) is 3.33. The number of carbonyl (C=O) groups excluding carboxylic acids is 2. The van der Waals surface area contributed by atoms with Crippen LogP contribution in [-0.2, 0) is 27.9 Å². The van der Waals surface area contributed by atoms with E-state index < -0.39 is 20.0 Å². The number of ether oxygens (including phenoxy) is 1. The van der Waals surface area contributed by atoms with Crippen molar-refractivity contribution in [2.45, 2.75) is 226 Å². The van der Waals surface area contributed by atoms with Crippen LogP contribution < -0.4 is 5.32 Å². The number of esters is 1. The molecule has 0 rings (SSSR count). The molecule has 0 bridgehead atoms. The number of carbonyl (C=O) groups is 2. The van der Waals surface area contributed by atoms with Gasteiger partial charge in [-0.1, -0.05) is 201 Å². The van der Waals surface area contributed by atoms with E-state index in [4.69, 9.17) is 13.8 Å². The molecule has 71 heavy (non-hydrogen) atoms. The highest BCUT2D eigenvalue weighted by Crippen LogP contribution is 2.43. The summed E-state index contributed by atoms with van der Waals surface area (Å²) >= 11 is 0. The molecule has 0 aromatic rings. The Morgan fingerprint density at radius 2 is 0.901 bits per heavy atom. The fourth-order valence-electron chi connectivity index (χ4n) is 7.39. The van der Waals surface area contributed by atoms with Crippen LogP contribution in [0.3, 0.4) is 0 Å². The van der Waals surface area contributed by atoms with Crippen molar-refractivity contribution in [3.63, 3.8) is 0 Å². The zero-order chi connectivity index (χ0) is 52.2. The second-order valence-electron chi connectivity index (χ2n) is 19.7. The number of rotatable bonds is 49. The summed E-state index contributed by atoms with van der Waals surface area (Å²) in [6.45, 7) is 6.71. The number of likely N-dealkylation sites (N-methyl/N-ethyl adjacent to an activating group) is 1. The van der Waals surface area contributed by atoms with Crippen LogP contribution in [0.1, 0.15) is 213 Å². The van der Waals surface area contributed by atoms with E-state index in [2.05, 4.69) is 123 Å². The predicted molar refractivity (Wildman–Crippen MR) is 304 cm³/mol. The van der Waals surface area contributed by atoms with Gasteiger partial charge in [-0.05, 0) is 109 Å². The van der Waals surface area contributed by atoms with Crippen LogP contribution in [0.2, 0.25) is 0 Å². The number of phosphoric ester groups is 1. The molecule has 0 radical (unpaired) electrons. The van der Waals surface area contributed by atoms with Crippen molar-refractivity contribution >= 4 is 19.7 Å². The van der Waals surface area contributed by atoms with Crippen LogP contribution in [0.15, 0.2) is 109 Å². The molecule has 3 unspecified atom stereocenters. The van der Waals surface area contributed by atoms with Crippen molar-refractivity contribution in [2.75, 3.05) is 40.9 Å². The van der Waals surface area contributed by atoms with E-state index in [-0.39, 0.29) is 31.5 Å². The molecule has 2 N–H and O–H groups in total. The number of nitrogens with zero attached hydrogens (tertiary/aromatic N) is 1. The maximum atomic E-state index is 13.5. The molecular weight excluding hydrogens is 904 g/mol. The van der Waals surface area contributed by atoms with Gasteiger partial charge in [0.15, 0.2) is 0 Å². The van der Waals surface area contributed by atoms with Gasteiger partial charge in [-0.2, -0.15) is 0 Å². The van der Waals surface area contributed by atoms with E-state index in [0.29, 0.717) is 30.3 Å². The third-order valence-corrected chi connectivity index (χ3v) is 12.7. The van der Waals surface area contributed by atoms with Gasteiger partial charge in [0.1, 0.15) is 19.3 Å². The molecule has 0 aliphatic rings. The SMILES string of the molecule is CC/C=C\C/C=C\C/C=C\C/C=C\C/C=C\CCCCCC(=O)OC(/C=C/CCCCCCCCCCCC)C(COP(=O)(O)OCC[N+](C)(C)C)NC(=O)CCCCCC/C=C/C/C=C/C/C=C/CC. The molecule has 0 saturated carbocycles.